The van der Waals surface area contributed by atoms with E-state index in [1.807, 2.05) is 12.1 Å². The fraction of sp³-hybridized carbons (Fsp3) is 0.571. The van der Waals surface area contributed by atoms with Gasteiger partial charge in [0.25, 0.3) is 0 Å². The largest absolute Gasteiger partial charge is 0.497 e. The second-order valence-corrected chi connectivity index (χ2v) is 7.38. The predicted molar refractivity (Wildman–Crippen MR) is 112 cm³/mol. The van der Waals surface area contributed by atoms with Gasteiger partial charge in [-0.1, -0.05) is 26.0 Å². The molecule has 1 aromatic carbocycles. The summed E-state index contributed by atoms with van der Waals surface area (Å²) in [4.78, 5) is 7.30. The highest BCUT2D eigenvalue weighted by atomic mass is 16.5. The summed E-state index contributed by atoms with van der Waals surface area (Å²) in [5, 5.41) is 11.7. The summed E-state index contributed by atoms with van der Waals surface area (Å²) >= 11 is 0. The Morgan fingerprint density at radius 1 is 1.25 bits per heavy atom. The molecule has 1 N–H and O–H groups in total. The SMILES string of the molecule is CCc1nncn1CCNC(=NCc1ccc(OC)cc1)N1CCC(C)CC1. The van der Waals surface area contributed by atoms with Crippen LogP contribution in [0.3, 0.4) is 0 Å². The van der Waals surface area contributed by atoms with Crippen molar-refractivity contribution in [3.63, 3.8) is 0 Å². The molecule has 0 bridgehead atoms. The first-order valence-corrected chi connectivity index (χ1v) is 10.2. The van der Waals surface area contributed by atoms with Gasteiger partial charge in [0.1, 0.15) is 17.9 Å². The molecule has 0 unspecified atom stereocenters. The van der Waals surface area contributed by atoms with E-state index in [9.17, 15) is 0 Å². The Morgan fingerprint density at radius 2 is 2.00 bits per heavy atom. The fourth-order valence-corrected chi connectivity index (χ4v) is 3.41. The van der Waals surface area contributed by atoms with Gasteiger partial charge >= 0.3 is 0 Å². The highest BCUT2D eigenvalue weighted by molar-refractivity contribution is 5.80. The number of hydrogen-bond donors (Lipinski definition) is 1. The van der Waals surface area contributed by atoms with Gasteiger partial charge in [-0.05, 0) is 36.5 Å². The lowest BCUT2D eigenvalue weighted by atomic mass is 10.00. The standard InChI is InChI=1S/C21H32N6O/c1-4-20-25-24-16-27(20)14-11-22-21(26-12-9-17(2)10-13-26)23-15-18-5-7-19(28-3)8-6-18/h5-8,16-17H,4,9-15H2,1-3H3,(H,22,23). The number of aryl methyl sites for hydroxylation is 1. The van der Waals surface area contributed by atoms with Gasteiger partial charge < -0.3 is 19.5 Å². The lowest BCUT2D eigenvalue weighted by molar-refractivity contribution is 0.272. The molecule has 2 heterocycles. The van der Waals surface area contributed by atoms with Crippen molar-refractivity contribution in [2.24, 2.45) is 10.9 Å². The van der Waals surface area contributed by atoms with Crippen molar-refractivity contribution in [1.29, 1.82) is 0 Å². The lowest BCUT2D eigenvalue weighted by Gasteiger charge is -2.33. The normalized spacial score (nSPS) is 15.7. The van der Waals surface area contributed by atoms with Crippen LogP contribution >= 0.6 is 0 Å². The van der Waals surface area contributed by atoms with Crippen molar-refractivity contribution in [2.75, 3.05) is 26.7 Å². The van der Waals surface area contributed by atoms with Crippen molar-refractivity contribution in [2.45, 2.75) is 46.2 Å². The summed E-state index contributed by atoms with van der Waals surface area (Å²) in [6.07, 6.45) is 5.13. The van der Waals surface area contributed by atoms with E-state index in [4.69, 9.17) is 9.73 Å². The van der Waals surface area contributed by atoms with Crippen molar-refractivity contribution < 1.29 is 4.74 Å². The van der Waals surface area contributed by atoms with Crippen LogP contribution in [-0.4, -0.2) is 52.4 Å². The first kappa shape index (κ1) is 20.2. The zero-order valence-electron chi connectivity index (χ0n) is 17.3. The molecule has 3 rings (SSSR count). The van der Waals surface area contributed by atoms with Crippen LogP contribution in [0, 0.1) is 5.92 Å². The molecule has 7 heteroatoms. The number of likely N-dealkylation sites (tertiary alicyclic amines) is 1. The third-order valence-corrected chi connectivity index (χ3v) is 5.30. The monoisotopic (exact) mass is 384 g/mol. The third-order valence-electron chi connectivity index (χ3n) is 5.30. The maximum Gasteiger partial charge on any atom is 0.194 e. The molecule has 0 aliphatic carbocycles. The van der Waals surface area contributed by atoms with E-state index in [0.29, 0.717) is 6.54 Å². The van der Waals surface area contributed by atoms with Crippen LogP contribution in [0.5, 0.6) is 5.75 Å². The zero-order valence-corrected chi connectivity index (χ0v) is 17.3. The van der Waals surface area contributed by atoms with Crippen molar-refractivity contribution in [3.05, 3.63) is 42.0 Å². The lowest BCUT2D eigenvalue weighted by Crippen LogP contribution is -2.46. The Hall–Kier alpha value is -2.57. The molecule has 7 nitrogen and oxygen atoms in total. The quantitative estimate of drug-likeness (QED) is 0.587. The number of ether oxygens (including phenoxy) is 1. The van der Waals surface area contributed by atoms with Gasteiger partial charge in [0, 0.05) is 32.6 Å². The summed E-state index contributed by atoms with van der Waals surface area (Å²) in [5.41, 5.74) is 1.18. The maximum atomic E-state index is 5.24. The number of benzene rings is 1. The molecule has 2 aromatic rings. The Balaban J connectivity index is 1.63. The smallest absolute Gasteiger partial charge is 0.194 e. The topological polar surface area (TPSA) is 67.6 Å². The van der Waals surface area contributed by atoms with E-state index < -0.39 is 0 Å². The zero-order chi connectivity index (χ0) is 19.8. The van der Waals surface area contributed by atoms with Gasteiger partial charge in [-0.3, -0.25) is 0 Å². The summed E-state index contributed by atoms with van der Waals surface area (Å²) in [5.74, 6) is 3.68. The number of guanidine groups is 1. The van der Waals surface area contributed by atoms with Crippen molar-refractivity contribution in [3.8, 4) is 5.75 Å². The average molecular weight is 385 g/mol. The first-order chi connectivity index (χ1) is 13.7. The number of piperidine rings is 1. The number of nitrogens with zero attached hydrogens (tertiary/aromatic N) is 5. The van der Waals surface area contributed by atoms with Gasteiger partial charge in [-0.2, -0.15) is 0 Å². The second kappa shape index (κ2) is 10.1. The minimum atomic E-state index is 0.658. The summed E-state index contributed by atoms with van der Waals surface area (Å²) in [7, 11) is 1.69. The highest BCUT2D eigenvalue weighted by Crippen LogP contribution is 2.17. The minimum Gasteiger partial charge on any atom is -0.497 e. The van der Waals surface area contributed by atoms with E-state index in [0.717, 1.165) is 56.1 Å². The number of nitrogens with one attached hydrogen (secondary N) is 1. The second-order valence-electron chi connectivity index (χ2n) is 7.38. The molecule has 0 atom stereocenters. The van der Waals surface area contributed by atoms with Crippen LogP contribution in [0.2, 0.25) is 0 Å². The van der Waals surface area contributed by atoms with Gasteiger partial charge in [0.15, 0.2) is 5.96 Å². The fourth-order valence-electron chi connectivity index (χ4n) is 3.41. The summed E-state index contributed by atoms with van der Waals surface area (Å²) < 4.78 is 7.34. The number of rotatable bonds is 7. The predicted octanol–water partition coefficient (Wildman–Crippen LogP) is 2.73. The molecule has 0 spiro atoms. The van der Waals surface area contributed by atoms with Crippen molar-refractivity contribution in [1.82, 2.24) is 25.0 Å². The highest BCUT2D eigenvalue weighted by Gasteiger charge is 2.18. The molecule has 0 radical (unpaired) electrons. The Morgan fingerprint density at radius 3 is 2.68 bits per heavy atom. The number of hydrogen-bond acceptors (Lipinski definition) is 4. The molecule has 1 aliphatic rings. The third kappa shape index (κ3) is 5.47. The van der Waals surface area contributed by atoms with E-state index in [-0.39, 0.29) is 0 Å². The van der Waals surface area contributed by atoms with Gasteiger partial charge in [-0.15, -0.1) is 10.2 Å². The molecule has 28 heavy (non-hydrogen) atoms. The molecule has 1 saturated heterocycles. The molecule has 152 valence electrons. The number of aliphatic imine (C=N–C) groups is 1. The van der Waals surface area contributed by atoms with E-state index in [1.54, 1.807) is 13.4 Å². The Kier molecular flexibility index (Phi) is 7.28. The van der Waals surface area contributed by atoms with Crippen molar-refractivity contribution >= 4 is 5.96 Å². The maximum absolute atomic E-state index is 5.24. The van der Waals surface area contributed by atoms with Gasteiger partial charge in [-0.25, -0.2) is 4.99 Å². The molecular formula is C21H32N6O. The van der Waals surface area contributed by atoms with Gasteiger partial charge in [0.05, 0.1) is 13.7 Å². The van der Waals surface area contributed by atoms with Gasteiger partial charge in [0.2, 0.25) is 0 Å². The van der Waals surface area contributed by atoms with E-state index in [1.165, 1.54) is 18.4 Å². The summed E-state index contributed by atoms with van der Waals surface area (Å²) in [6.45, 7) is 8.85. The first-order valence-electron chi connectivity index (χ1n) is 10.2. The number of methoxy groups -OCH3 is 1. The average Bonchev–Trinajstić information content (AvgIpc) is 3.19. The van der Waals surface area contributed by atoms with Crippen LogP contribution in [0.25, 0.3) is 0 Å². The summed E-state index contributed by atoms with van der Waals surface area (Å²) in [6, 6.07) is 8.11. The Labute approximate surface area is 167 Å². The van der Waals surface area contributed by atoms with E-state index in [2.05, 4.69) is 51.0 Å². The number of aromatic nitrogens is 3. The molecule has 0 saturated carbocycles. The Bertz CT molecular complexity index is 747. The van der Waals surface area contributed by atoms with Crippen LogP contribution in [0.1, 0.15) is 38.1 Å². The molecule has 0 amide bonds. The van der Waals surface area contributed by atoms with Crippen LogP contribution in [-0.2, 0) is 19.5 Å². The molecule has 1 aromatic heterocycles. The molecular weight excluding hydrogens is 352 g/mol. The van der Waals surface area contributed by atoms with Crippen LogP contribution < -0.4 is 10.1 Å². The van der Waals surface area contributed by atoms with Crippen LogP contribution in [0.4, 0.5) is 0 Å². The molecule has 1 fully saturated rings. The van der Waals surface area contributed by atoms with E-state index >= 15 is 0 Å². The van der Waals surface area contributed by atoms with Crippen LogP contribution in [0.15, 0.2) is 35.6 Å². The minimum absolute atomic E-state index is 0.658. The molecule has 1 aliphatic heterocycles.